The first kappa shape index (κ1) is 17.7. The molecule has 2 atom stereocenters. The number of carbonyl (C=O) groups excluding carboxylic acids is 1. The fraction of sp³-hybridized carbons (Fsp3) is 0.929. The van der Waals surface area contributed by atoms with Crippen LogP contribution < -0.4 is 15.4 Å². The Bertz CT molecular complexity index is 488. The number of sulfonamides is 1. The molecule has 0 spiro atoms. The van der Waals surface area contributed by atoms with Crippen molar-refractivity contribution in [3.63, 3.8) is 0 Å². The molecule has 7 nitrogen and oxygen atoms in total. The Morgan fingerprint density at radius 3 is 2.59 bits per heavy atom. The van der Waals surface area contributed by atoms with Crippen LogP contribution in [0.25, 0.3) is 0 Å². The van der Waals surface area contributed by atoms with E-state index in [2.05, 4.69) is 15.4 Å². The van der Waals surface area contributed by atoms with Crippen LogP contribution in [0.1, 0.15) is 32.1 Å². The fourth-order valence-electron chi connectivity index (χ4n) is 3.45. The van der Waals surface area contributed by atoms with Gasteiger partial charge in [0.2, 0.25) is 10.0 Å². The zero-order valence-corrected chi connectivity index (χ0v) is 14.2. The van der Waals surface area contributed by atoms with Gasteiger partial charge in [-0.05, 0) is 44.7 Å². The lowest BCUT2D eigenvalue weighted by molar-refractivity contribution is -0.146. The summed E-state index contributed by atoms with van der Waals surface area (Å²) >= 11 is 0. The van der Waals surface area contributed by atoms with E-state index >= 15 is 0 Å². The predicted molar refractivity (Wildman–Crippen MR) is 84.0 cm³/mol. The molecule has 2 aliphatic rings. The topological polar surface area (TPSA) is 96.5 Å². The number of amides is 1. The Balaban J connectivity index is 1.89. The molecule has 1 saturated carbocycles. The van der Waals surface area contributed by atoms with Crippen LogP contribution in [0.3, 0.4) is 0 Å². The van der Waals surface area contributed by atoms with E-state index in [4.69, 9.17) is 4.74 Å². The number of hydrogen-bond acceptors (Lipinski definition) is 5. The number of nitrogens with one attached hydrogen (secondary N) is 3. The van der Waals surface area contributed by atoms with Crippen LogP contribution in [-0.2, 0) is 19.6 Å². The van der Waals surface area contributed by atoms with Gasteiger partial charge < -0.3 is 15.4 Å². The molecule has 1 amide bonds. The van der Waals surface area contributed by atoms with E-state index in [9.17, 15) is 13.2 Å². The van der Waals surface area contributed by atoms with Gasteiger partial charge >= 0.3 is 0 Å². The van der Waals surface area contributed by atoms with Crippen molar-refractivity contribution in [1.29, 1.82) is 0 Å². The highest BCUT2D eigenvalue weighted by molar-refractivity contribution is 7.88. The molecular weight excluding hydrogens is 306 g/mol. The Morgan fingerprint density at radius 2 is 2.00 bits per heavy atom. The smallest absolute Gasteiger partial charge is 0.252 e. The first-order chi connectivity index (χ1) is 10.4. The molecule has 128 valence electrons. The molecule has 2 rings (SSSR count). The van der Waals surface area contributed by atoms with E-state index in [1.807, 2.05) is 0 Å². The molecule has 1 aliphatic carbocycles. The molecular formula is C14H27N3O4S. The van der Waals surface area contributed by atoms with E-state index in [0.29, 0.717) is 19.4 Å². The van der Waals surface area contributed by atoms with Crippen molar-refractivity contribution in [2.45, 2.75) is 43.7 Å². The van der Waals surface area contributed by atoms with E-state index in [1.165, 1.54) is 6.26 Å². The fourth-order valence-corrected chi connectivity index (χ4v) is 4.31. The van der Waals surface area contributed by atoms with Gasteiger partial charge in [0.05, 0.1) is 6.26 Å². The third-order valence-electron chi connectivity index (χ3n) is 4.77. The zero-order valence-electron chi connectivity index (χ0n) is 13.4. The third kappa shape index (κ3) is 4.41. The SMILES string of the molecule is COC1(C(=O)NCC2CCCC2NS(C)(=O)=O)CCNCC1. The highest BCUT2D eigenvalue weighted by atomic mass is 32.2. The maximum Gasteiger partial charge on any atom is 0.252 e. The molecule has 0 bridgehead atoms. The first-order valence-electron chi connectivity index (χ1n) is 7.88. The number of methoxy groups -OCH3 is 1. The lowest BCUT2D eigenvalue weighted by atomic mass is 9.90. The lowest BCUT2D eigenvalue weighted by Gasteiger charge is -2.35. The Hall–Kier alpha value is -0.700. The molecule has 22 heavy (non-hydrogen) atoms. The molecule has 0 aromatic heterocycles. The highest BCUT2D eigenvalue weighted by Gasteiger charge is 2.40. The summed E-state index contributed by atoms with van der Waals surface area (Å²) in [5.74, 6) is 0.0656. The van der Waals surface area contributed by atoms with Gasteiger partial charge in [0.15, 0.2) is 0 Å². The minimum absolute atomic E-state index is 0.0817. The number of ether oxygens (including phenoxy) is 1. The molecule has 0 radical (unpaired) electrons. The lowest BCUT2D eigenvalue weighted by Crippen LogP contribution is -2.55. The minimum Gasteiger partial charge on any atom is -0.368 e. The van der Waals surface area contributed by atoms with Crippen molar-refractivity contribution in [2.24, 2.45) is 5.92 Å². The maximum atomic E-state index is 12.5. The summed E-state index contributed by atoms with van der Waals surface area (Å²) in [4.78, 5) is 12.5. The van der Waals surface area contributed by atoms with Crippen molar-refractivity contribution >= 4 is 15.9 Å². The van der Waals surface area contributed by atoms with Crippen LogP contribution in [-0.4, -0.2) is 59.0 Å². The van der Waals surface area contributed by atoms with E-state index in [1.54, 1.807) is 7.11 Å². The van der Waals surface area contributed by atoms with Crippen molar-refractivity contribution in [3.05, 3.63) is 0 Å². The third-order valence-corrected chi connectivity index (χ3v) is 5.50. The maximum absolute atomic E-state index is 12.5. The molecule has 0 aromatic rings. The van der Waals surface area contributed by atoms with Gasteiger partial charge in [-0.1, -0.05) is 6.42 Å². The number of rotatable bonds is 6. The van der Waals surface area contributed by atoms with E-state index < -0.39 is 15.6 Å². The van der Waals surface area contributed by atoms with Crippen LogP contribution in [0.2, 0.25) is 0 Å². The van der Waals surface area contributed by atoms with Crippen LogP contribution >= 0.6 is 0 Å². The van der Waals surface area contributed by atoms with E-state index in [-0.39, 0.29) is 17.9 Å². The van der Waals surface area contributed by atoms with Gasteiger partial charge in [0, 0.05) is 19.7 Å². The second-order valence-electron chi connectivity index (χ2n) is 6.35. The summed E-state index contributed by atoms with van der Waals surface area (Å²) in [6.45, 7) is 2.02. The number of piperidine rings is 1. The average molecular weight is 333 g/mol. The van der Waals surface area contributed by atoms with Gasteiger partial charge in [-0.25, -0.2) is 13.1 Å². The monoisotopic (exact) mass is 333 g/mol. The summed E-state index contributed by atoms with van der Waals surface area (Å²) in [7, 11) is -1.63. The van der Waals surface area contributed by atoms with Gasteiger partial charge in [-0.3, -0.25) is 4.79 Å². The second-order valence-corrected chi connectivity index (χ2v) is 8.13. The van der Waals surface area contributed by atoms with E-state index in [0.717, 1.165) is 32.4 Å². The normalized spacial score (nSPS) is 28.5. The molecule has 1 heterocycles. The van der Waals surface area contributed by atoms with Crippen molar-refractivity contribution < 1.29 is 17.9 Å². The molecule has 3 N–H and O–H groups in total. The Labute approximate surface area is 132 Å². The van der Waals surface area contributed by atoms with Gasteiger partial charge in [0.25, 0.3) is 5.91 Å². The minimum atomic E-state index is -3.21. The van der Waals surface area contributed by atoms with Gasteiger partial charge in [-0.2, -0.15) is 0 Å². The van der Waals surface area contributed by atoms with Crippen molar-refractivity contribution in [2.75, 3.05) is 33.0 Å². The summed E-state index contributed by atoms with van der Waals surface area (Å²) in [5, 5.41) is 6.20. The van der Waals surface area contributed by atoms with Crippen molar-refractivity contribution in [3.8, 4) is 0 Å². The second kappa shape index (κ2) is 7.25. The summed E-state index contributed by atoms with van der Waals surface area (Å²) in [5.41, 5.74) is -0.746. The van der Waals surface area contributed by atoms with Gasteiger partial charge in [0.1, 0.15) is 5.60 Å². The number of carbonyl (C=O) groups is 1. The molecule has 1 saturated heterocycles. The molecule has 2 unspecified atom stereocenters. The largest absolute Gasteiger partial charge is 0.368 e. The predicted octanol–water partition coefficient (Wildman–Crippen LogP) is -0.411. The van der Waals surface area contributed by atoms with Gasteiger partial charge in [-0.15, -0.1) is 0 Å². The van der Waals surface area contributed by atoms with Crippen LogP contribution in [0.4, 0.5) is 0 Å². The quantitative estimate of drug-likeness (QED) is 0.614. The van der Waals surface area contributed by atoms with Crippen LogP contribution in [0.15, 0.2) is 0 Å². The van der Waals surface area contributed by atoms with Crippen molar-refractivity contribution in [1.82, 2.24) is 15.4 Å². The standard InChI is InChI=1S/C14H27N3O4S/c1-21-14(6-8-15-9-7-14)13(18)16-10-11-4-3-5-12(11)17-22(2,19)20/h11-12,15,17H,3-10H2,1-2H3,(H,16,18). The summed E-state index contributed by atoms with van der Waals surface area (Å²) < 4.78 is 31.0. The Morgan fingerprint density at radius 1 is 1.32 bits per heavy atom. The zero-order chi connectivity index (χ0) is 16.2. The summed E-state index contributed by atoms with van der Waals surface area (Å²) in [6, 6.07) is -0.0817. The molecule has 1 aliphatic heterocycles. The van der Waals surface area contributed by atoms with Crippen LogP contribution in [0.5, 0.6) is 0 Å². The number of hydrogen-bond donors (Lipinski definition) is 3. The molecule has 2 fully saturated rings. The van der Waals surface area contributed by atoms with Crippen LogP contribution in [0, 0.1) is 5.92 Å². The average Bonchev–Trinajstić information content (AvgIpc) is 2.90. The highest BCUT2D eigenvalue weighted by Crippen LogP contribution is 2.27. The first-order valence-corrected chi connectivity index (χ1v) is 9.77. The molecule has 0 aromatic carbocycles. The summed E-state index contributed by atoms with van der Waals surface area (Å²) in [6.07, 6.45) is 5.22. The Kier molecular flexibility index (Phi) is 5.81. The molecule has 8 heteroatoms.